The van der Waals surface area contributed by atoms with E-state index in [1.165, 1.54) is 6.92 Å². The SMILES string of the molecule is CC(=O)OCCc1cc(F)c(-n2c(N)c(C(=O)c3ccc(F)cc3F)ccc2=O)c(F)c1. The number of ether oxygens (including phenoxy) is 1. The van der Waals surface area contributed by atoms with Crippen molar-refractivity contribution in [1.29, 1.82) is 0 Å². The number of nitrogens with two attached hydrogens (primary N) is 1. The smallest absolute Gasteiger partial charge is 0.302 e. The van der Waals surface area contributed by atoms with Crippen LogP contribution < -0.4 is 11.3 Å². The summed E-state index contributed by atoms with van der Waals surface area (Å²) in [6.45, 7) is 1.08. The Labute approximate surface area is 178 Å². The third kappa shape index (κ3) is 4.53. The quantitative estimate of drug-likeness (QED) is 0.355. The summed E-state index contributed by atoms with van der Waals surface area (Å²) in [5.41, 5.74) is 3.31. The van der Waals surface area contributed by atoms with Gasteiger partial charge < -0.3 is 10.5 Å². The minimum Gasteiger partial charge on any atom is -0.466 e. The lowest BCUT2D eigenvalue weighted by molar-refractivity contribution is -0.140. The standard InChI is InChI=1S/C22H16F4N2O4/c1-11(29)32-7-6-12-8-17(25)20(18(26)9-12)28-19(30)5-4-15(22(28)27)21(31)14-3-2-13(23)10-16(14)24/h2-5,8-10H,6-7,27H2,1H3. The van der Waals surface area contributed by atoms with Crippen molar-refractivity contribution in [3.8, 4) is 5.69 Å². The molecule has 1 aromatic heterocycles. The first-order valence-electron chi connectivity index (χ1n) is 9.23. The Morgan fingerprint density at radius 3 is 2.16 bits per heavy atom. The molecule has 1 heterocycles. The fourth-order valence-electron chi connectivity index (χ4n) is 3.08. The van der Waals surface area contributed by atoms with Gasteiger partial charge in [0.15, 0.2) is 17.4 Å². The highest BCUT2D eigenvalue weighted by Gasteiger charge is 2.23. The van der Waals surface area contributed by atoms with Crippen molar-refractivity contribution >= 4 is 17.6 Å². The number of ketones is 1. The molecule has 0 aliphatic heterocycles. The summed E-state index contributed by atoms with van der Waals surface area (Å²) in [7, 11) is 0. The molecule has 0 amide bonds. The average Bonchev–Trinajstić information content (AvgIpc) is 2.69. The van der Waals surface area contributed by atoms with E-state index in [4.69, 9.17) is 10.5 Å². The van der Waals surface area contributed by atoms with Crippen LogP contribution in [-0.2, 0) is 16.0 Å². The summed E-state index contributed by atoms with van der Waals surface area (Å²) >= 11 is 0. The van der Waals surface area contributed by atoms with Crippen LogP contribution >= 0.6 is 0 Å². The normalized spacial score (nSPS) is 10.8. The predicted octanol–water partition coefficient (Wildman–Crippen LogP) is 3.31. The fraction of sp³-hybridized carbons (Fsp3) is 0.136. The van der Waals surface area contributed by atoms with Crippen molar-refractivity contribution in [2.45, 2.75) is 13.3 Å². The van der Waals surface area contributed by atoms with E-state index in [9.17, 15) is 31.9 Å². The van der Waals surface area contributed by atoms with Crippen molar-refractivity contribution in [2.75, 3.05) is 12.3 Å². The van der Waals surface area contributed by atoms with E-state index >= 15 is 0 Å². The topological polar surface area (TPSA) is 91.4 Å². The third-order valence-corrected chi connectivity index (χ3v) is 4.55. The number of pyridine rings is 1. The van der Waals surface area contributed by atoms with Gasteiger partial charge in [-0.25, -0.2) is 17.6 Å². The molecule has 0 saturated carbocycles. The van der Waals surface area contributed by atoms with E-state index in [0.717, 1.165) is 36.4 Å². The lowest BCUT2D eigenvalue weighted by Gasteiger charge is -2.15. The van der Waals surface area contributed by atoms with Gasteiger partial charge in [-0.1, -0.05) is 0 Å². The summed E-state index contributed by atoms with van der Waals surface area (Å²) in [6.07, 6.45) is 0.0143. The van der Waals surface area contributed by atoms with Crippen LogP contribution in [0.1, 0.15) is 28.4 Å². The molecule has 32 heavy (non-hydrogen) atoms. The van der Waals surface area contributed by atoms with E-state index < -0.39 is 63.2 Å². The zero-order valence-corrected chi connectivity index (χ0v) is 16.6. The zero-order chi connectivity index (χ0) is 23.6. The van der Waals surface area contributed by atoms with Crippen LogP contribution in [-0.4, -0.2) is 22.9 Å². The van der Waals surface area contributed by atoms with Crippen LogP contribution in [0.5, 0.6) is 0 Å². The number of halogens is 4. The van der Waals surface area contributed by atoms with Crippen molar-refractivity contribution < 1.29 is 31.9 Å². The second-order valence-electron chi connectivity index (χ2n) is 6.76. The van der Waals surface area contributed by atoms with Gasteiger partial charge in [0.05, 0.1) is 17.7 Å². The Hall–Kier alpha value is -3.95. The van der Waals surface area contributed by atoms with Gasteiger partial charge in [0, 0.05) is 25.5 Å². The Kier molecular flexibility index (Phi) is 6.42. The number of esters is 1. The van der Waals surface area contributed by atoms with Crippen LogP contribution in [0.3, 0.4) is 0 Å². The molecule has 2 N–H and O–H groups in total. The highest BCUT2D eigenvalue weighted by molar-refractivity contribution is 6.11. The molecular formula is C22H16F4N2O4. The van der Waals surface area contributed by atoms with Crippen molar-refractivity contribution in [1.82, 2.24) is 4.57 Å². The van der Waals surface area contributed by atoms with E-state index in [2.05, 4.69) is 0 Å². The molecule has 0 aliphatic rings. The molecule has 0 aliphatic carbocycles. The molecule has 0 fully saturated rings. The molecule has 0 spiro atoms. The predicted molar refractivity (Wildman–Crippen MR) is 106 cm³/mol. The highest BCUT2D eigenvalue weighted by atomic mass is 19.1. The van der Waals surface area contributed by atoms with Crippen LogP contribution in [0.2, 0.25) is 0 Å². The largest absolute Gasteiger partial charge is 0.466 e. The minimum absolute atomic E-state index is 0.0143. The number of nitrogens with zero attached hydrogens (tertiary/aromatic N) is 1. The Morgan fingerprint density at radius 2 is 1.56 bits per heavy atom. The molecule has 0 bridgehead atoms. The number of anilines is 1. The summed E-state index contributed by atoms with van der Waals surface area (Å²) in [4.78, 5) is 35.9. The Bertz CT molecular complexity index is 1260. The fourth-order valence-corrected chi connectivity index (χ4v) is 3.08. The maximum atomic E-state index is 14.8. The van der Waals surface area contributed by atoms with Gasteiger partial charge in [0.25, 0.3) is 5.56 Å². The maximum absolute atomic E-state index is 14.8. The van der Waals surface area contributed by atoms with Gasteiger partial charge in [-0.05, 0) is 35.9 Å². The molecular weight excluding hydrogens is 432 g/mol. The maximum Gasteiger partial charge on any atom is 0.302 e. The van der Waals surface area contributed by atoms with Crippen LogP contribution in [0.4, 0.5) is 23.4 Å². The van der Waals surface area contributed by atoms with Gasteiger partial charge in [0.2, 0.25) is 0 Å². The monoisotopic (exact) mass is 448 g/mol. The van der Waals surface area contributed by atoms with Crippen LogP contribution in [0, 0.1) is 23.3 Å². The molecule has 3 rings (SSSR count). The number of hydrogen-bond acceptors (Lipinski definition) is 5. The molecule has 0 radical (unpaired) electrons. The molecule has 166 valence electrons. The number of benzene rings is 2. The van der Waals surface area contributed by atoms with Gasteiger partial charge >= 0.3 is 5.97 Å². The number of hydrogen-bond donors (Lipinski definition) is 1. The molecule has 0 saturated heterocycles. The van der Waals surface area contributed by atoms with E-state index in [1.54, 1.807) is 0 Å². The van der Waals surface area contributed by atoms with Crippen LogP contribution in [0.25, 0.3) is 5.69 Å². The second kappa shape index (κ2) is 9.04. The number of carbonyl (C=O) groups excluding carboxylic acids is 2. The number of nitrogen functional groups attached to an aromatic ring is 1. The van der Waals surface area contributed by atoms with Crippen molar-refractivity contribution in [3.05, 3.63) is 92.8 Å². The third-order valence-electron chi connectivity index (χ3n) is 4.55. The van der Waals surface area contributed by atoms with E-state index in [1.807, 2.05) is 0 Å². The molecule has 6 nitrogen and oxygen atoms in total. The Balaban J connectivity index is 2.07. The summed E-state index contributed by atoms with van der Waals surface area (Å²) < 4.78 is 61.9. The first-order valence-corrected chi connectivity index (χ1v) is 9.23. The van der Waals surface area contributed by atoms with E-state index in [0.29, 0.717) is 10.6 Å². The van der Waals surface area contributed by atoms with E-state index in [-0.39, 0.29) is 18.6 Å². The van der Waals surface area contributed by atoms with Gasteiger partial charge in [-0.3, -0.25) is 19.0 Å². The molecule has 3 aromatic rings. The first kappa shape index (κ1) is 22.7. The van der Waals surface area contributed by atoms with Gasteiger partial charge in [0.1, 0.15) is 23.1 Å². The zero-order valence-electron chi connectivity index (χ0n) is 16.6. The van der Waals surface area contributed by atoms with Crippen molar-refractivity contribution in [2.24, 2.45) is 0 Å². The average molecular weight is 448 g/mol. The number of rotatable bonds is 6. The molecule has 10 heteroatoms. The minimum atomic E-state index is -1.17. The van der Waals surface area contributed by atoms with Crippen LogP contribution in [0.15, 0.2) is 47.3 Å². The number of aromatic nitrogens is 1. The molecule has 2 aromatic carbocycles. The second-order valence-corrected chi connectivity index (χ2v) is 6.76. The summed E-state index contributed by atoms with van der Waals surface area (Å²) in [5, 5.41) is 0. The summed E-state index contributed by atoms with van der Waals surface area (Å²) in [5.74, 6) is -6.58. The lowest BCUT2D eigenvalue weighted by atomic mass is 10.0. The van der Waals surface area contributed by atoms with Gasteiger partial charge in [-0.15, -0.1) is 0 Å². The number of carbonyl (C=O) groups is 2. The molecule has 0 unspecified atom stereocenters. The lowest BCUT2D eigenvalue weighted by Crippen LogP contribution is -2.25. The van der Waals surface area contributed by atoms with Crippen molar-refractivity contribution in [3.63, 3.8) is 0 Å². The van der Waals surface area contributed by atoms with Gasteiger partial charge in [-0.2, -0.15) is 0 Å². The Morgan fingerprint density at radius 1 is 0.938 bits per heavy atom. The summed E-state index contributed by atoms with van der Waals surface area (Å²) in [6, 6.07) is 5.94. The first-order chi connectivity index (χ1) is 15.1. The molecule has 0 atom stereocenters. The highest BCUT2D eigenvalue weighted by Crippen LogP contribution is 2.25.